The van der Waals surface area contributed by atoms with Crippen LogP contribution in [-0.4, -0.2) is 47.6 Å². The first-order valence-electron chi connectivity index (χ1n) is 5.73. The maximum absolute atomic E-state index is 11.2. The lowest BCUT2D eigenvalue weighted by Gasteiger charge is -2.17. The molecule has 7 heteroatoms. The molecule has 20 heavy (non-hydrogen) atoms. The zero-order valence-electron chi connectivity index (χ0n) is 11.1. The van der Waals surface area contributed by atoms with Gasteiger partial charge in [0, 0.05) is 5.56 Å². The van der Waals surface area contributed by atoms with Gasteiger partial charge in [0.25, 0.3) is 0 Å². The van der Waals surface area contributed by atoms with Crippen LogP contribution < -0.4 is 4.74 Å². The summed E-state index contributed by atoms with van der Waals surface area (Å²) < 4.78 is 9.34. The lowest BCUT2D eigenvalue weighted by atomic mass is 10.00. The molecule has 2 unspecified atom stereocenters. The van der Waals surface area contributed by atoms with E-state index in [0.717, 1.165) is 7.11 Å². The summed E-state index contributed by atoms with van der Waals surface area (Å²) in [4.78, 5) is 21.9. The SMILES string of the molecule is COC(=O)C(O)C(O)c1ccc(OC)c(CC(=O)O)c1. The Morgan fingerprint density at radius 3 is 2.40 bits per heavy atom. The summed E-state index contributed by atoms with van der Waals surface area (Å²) in [6, 6.07) is 4.26. The van der Waals surface area contributed by atoms with Crippen molar-refractivity contribution in [3.8, 4) is 5.75 Å². The number of aliphatic carboxylic acids is 1. The predicted molar refractivity (Wildman–Crippen MR) is 67.3 cm³/mol. The monoisotopic (exact) mass is 284 g/mol. The molecular formula is C13H16O7. The summed E-state index contributed by atoms with van der Waals surface area (Å²) in [6.07, 6.45) is -3.56. The molecule has 0 aliphatic rings. The van der Waals surface area contributed by atoms with Gasteiger partial charge in [-0.25, -0.2) is 4.79 Å². The molecular weight excluding hydrogens is 268 g/mol. The Morgan fingerprint density at radius 2 is 1.90 bits per heavy atom. The minimum absolute atomic E-state index is 0.194. The summed E-state index contributed by atoms with van der Waals surface area (Å²) in [5, 5.41) is 28.3. The van der Waals surface area contributed by atoms with Gasteiger partial charge in [-0.2, -0.15) is 0 Å². The highest BCUT2D eigenvalue weighted by atomic mass is 16.5. The van der Waals surface area contributed by atoms with E-state index in [1.165, 1.54) is 25.3 Å². The van der Waals surface area contributed by atoms with Crippen LogP contribution in [0.5, 0.6) is 5.75 Å². The topological polar surface area (TPSA) is 113 Å². The van der Waals surface area contributed by atoms with Gasteiger partial charge in [0.15, 0.2) is 6.10 Å². The van der Waals surface area contributed by atoms with Crippen molar-refractivity contribution in [1.29, 1.82) is 0 Å². The van der Waals surface area contributed by atoms with Crippen LogP contribution in [0, 0.1) is 0 Å². The zero-order valence-corrected chi connectivity index (χ0v) is 11.1. The molecule has 0 aliphatic carbocycles. The molecule has 0 saturated heterocycles. The quantitative estimate of drug-likeness (QED) is 0.624. The number of carbonyl (C=O) groups excluding carboxylic acids is 1. The number of ether oxygens (including phenoxy) is 2. The van der Waals surface area contributed by atoms with Gasteiger partial charge in [-0.15, -0.1) is 0 Å². The average Bonchev–Trinajstić information content (AvgIpc) is 2.44. The minimum atomic E-state index is -1.74. The van der Waals surface area contributed by atoms with Crippen LogP contribution in [0.3, 0.4) is 0 Å². The third-order valence-corrected chi connectivity index (χ3v) is 2.73. The number of benzene rings is 1. The highest BCUT2D eigenvalue weighted by molar-refractivity contribution is 5.75. The van der Waals surface area contributed by atoms with Crippen molar-refractivity contribution in [2.45, 2.75) is 18.6 Å². The van der Waals surface area contributed by atoms with Crippen molar-refractivity contribution in [1.82, 2.24) is 0 Å². The van der Waals surface area contributed by atoms with Crippen molar-refractivity contribution >= 4 is 11.9 Å². The maximum atomic E-state index is 11.2. The van der Waals surface area contributed by atoms with Gasteiger partial charge in [0.1, 0.15) is 11.9 Å². The molecule has 0 radical (unpaired) electrons. The first-order chi connectivity index (χ1) is 9.40. The highest BCUT2D eigenvalue weighted by Gasteiger charge is 2.27. The molecule has 0 amide bonds. The van der Waals surface area contributed by atoms with Crippen LogP contribution in [0.25, 0.3) is 0 Å². The number of hydrogen-bond acceptors (Lipinski definition) is 6. The molecule has 0 bridgehead atoms. The zero-order chi connectivity index (χ0) is 15.3. The Balaban J connectivity index is 3.07. The van der Waals surface area contributed by atoms with Crippen LogP contribution in [0.1, 0.15) is 17.2 Å². The van der Waals surface area contributed by atoms with E-state index in [2.05, 4.69) is 4.74 Å². The molecule has 0 aromatic heterocycles. The summed E-state index contributed by atoms with van der Waals surface area (Å²) >= 11 is 0. The molecule has 1 aromatic carbocycles. The second-order valence-electron chi connectivity index (χ2n) is 4.05. The van der Waals surface area contributed by atoms with E-state index in [9.17, 15) is 19.8 Å². The Hall–Kier alpha value is -2.12. The van der Waals surface area contributed by atoms with Gasteiger partial charge in [-0.3, -0.25) is 4.79 Å². The van der Waals surface area contributed by atoms with E-state index in [0.29, 0.717) is 11.3 Å². The van der Waals surface area contributed by atoms with Crippen molar-refractivity contribution < 1.29 is 34.4 Å². The van der Waals surface area contributed by atoms with Crippen molar-refractivity contribution in [3.63, 3.8) is 0 Å². The fourth-order valence-electron chi connectivity index (χ4n) is 1.72. The lowest BCUT2D eigenvalue weighted by molar-refractivity contribution is -0.156. The molecule has 1 aromatic rings. The molecule has 0 spiro atoms. The van der Waals surface area contributed by atoms with Crippen LogP contribution in [0.15, 0.2) is 18.2 Å². The van der Waals surface area contributed by atoms with E-state index in [-0.39, 0.29) is 12.0 Å². The summed E-state index contributed by atoms with van der Waals surface area (Å²) in [6.45, 7) is 0. The summed E-state index contributed by atoms with van der Waals surface area (Å²) in [5.41, 5.74) is 0.522. The number of methoxy groups -OCH3 is 2. The Morgan fingerprint density at radius 1 is 1.25 bits per heavy atom. The fraction of sp³-hybridized carbons (Fsp3) is 0.385. The second-order valence-corrected chi connectivity index (χ2v) is 4.05. The first kappa shape index (κ1) is 15.9. The average molecular weight is 284 g/mol. The number of aliphatic hydroxyl groups is 2. The van der Waals surface area contributed by atoms with Gasteiger partial charge in [-0.1, -0.05) is 6.07 Å². The first-order valence-corrected chi connectivity index (χ1v) is 5.73. The Kier molecular flexibility index (Phi) is 5.48. The fourth-order valence-corrected chi connectivity index (χ4v) is 1.72. The third kappa shape index (κ3) is 3.69. The lowest BCUT2D eigenvalue weighted by Crippen LogP contribution is -2.29. The van der Waals surface area contributed by atoms with Crippen molar-refractivity contribution in [2.75, 3.05) is 14.2 Å². The van der Waals surface area contributed by atoms with Crippen LogP contribution in [0.4, 0.5) is 0 Å². The summed E-state index contributed by atoms with van der Waals surface area (Å²) in [5.74, 6) is -1.70. The van der Waals surface area contributed by atoms with E-state index < -0.39 is 24.1 Å². The van der Waals surface area contributed by atoms with E-state index in [1.54, 1.807) is 0 Å². The number of aliphatic hydroxyl groups excluding tert-OH is 2. The molecule has 0 fully saturated rings. The van der Waals surface area contributed by atoms with Crippen molar-refractivity contribution in [2.24, 2.45) is 0 Å². The standard InChI is InChI=1S/C13H16O7/c1-19-9-4-3-7(5-8(9)6-10(14)15)11(16)12(17)13(18)20-2/h3-5,11-12,16-17H,6H2,1-2H3,(H,14,15). The molecule has 0 saturated carbocycles. The van der Waals surface area contributed by atoms with Crippen molar-refractivity contribution in [3.05, 3.63) is 29.3 Å². The van der Waals surface area contributed by atoms with E-state index in [4.69, 9.17) is 9.84 Å². The second kappa shape index (κ2) is 6.88. The molecule has 7 nitrogen and oxygen atoms in total. The number of esters is 1. The number of carbonyl (C=O) groups is 2. The van der Waals surface area contributed by atoms with E-state index >= 15 is 0 Å². The van der Waals surface area contributed by atoms with Gasteiger partial charge in [-0.05, 0) is 17.7 Å². The number of carboxylic acids is 1. The van der Waals surface area contributed by atoms with Crippen LogP contribution in [-0.2, 0) is 20.7 Å². The molecule has 1 rings (SSSR count). The smallest absolute Gasteiger partial charge is 0.337 e. The molecule has 0 heterocycles. The number of rotatable bonds is 6. The number of hydrogen-bond donors (Lipinski definition) is 3. The van der Waals surface area contributed by atoms with Crippen LogP contribution in [0.2, 0.25) is 0 Å². The molecule has 2 atom stereocenters. The largest absolute Gasteiger partial charge is 0.496 e. The van der Waals surface area contributed by atoms with Crippen LogP contribution >= 0.6 is 0 Å². The molecule has 0 aliphatic heterocycles. The summed E-state index contributed by atoms with van der Waals surface area (Å²) in [7, 11) is 2.47. The normalized spacial score (nSPS) is 13.4. The predicted octanol–water partition coefficient (Wildman–Crippen LogP) is -0.110. The van der Waals surface area contributed by atoms with Gasteiger partial charge >= 0.3 is 11.9 Å². The number of carboxylic acid groups (broad SMARTS) is 1. The van der Waals surface area contributed by atoms with E-state index in [1.807, 2.05) is 0 Å². The minimum Gasteiger partial charge on any atom is -0.496 e. The Labute approximate surface area is 115 Å². The molecule has 3 N–H and O–H groups in total. The van der Waals surface area contributed by atoms with Gasteiger partial charge < -0.3 is 24.8 Å². The maximum Gasteiger partial charge on any atom is 0.337 e. The third-order valence-electron chi connectivity index (χ3n) is 2.73. The Bertz CT molecular complexity index is 497. The van der Waals surface area contributed by atoms with Gasteiger partial charge in [0.2, 0.25) is 0 Å². The van der Waals surface area contributed by atoms with Gasteiger partial charge in [0.05, 0.1) is 20.6 Å². The molecule has 110 valence electrons. The highest BCUT2D eigenvalue weighted by Crippen LogP contribution is 2.25.